The van der Waals surface area contributed by atoms with Crippen molar-refractivity contribution < 1.29 is 9.53 Å². The maximum absolute atomic E-state index is 10.7. The van der Waals surface area contributed by atoms with Crippen molar-refractivity contribution in [1.29, 1.82) is 0 Å². The molecule has 0 spiro atoms. The monoisotopic (exact) mass is 265 g/mol. The van der Waals surface area contributed by atoms with E-state index in [9.17, 15) is 4.79 Å². The number of ether oxygens (including phenoxy) is 1. The average molecular weight is 266 g/mol. The summed E-state index contributed by atoms with van der Waals surface area (Å²) in [5.74, 6) is -0.261. The minimum atomic E-state index is -0.261. The number of rotatable bonds is 2. The van der Waals surface area contributed by atoms with Crippen LogP contribution in [0.2, 0.25) is 0 Å². The van der Waals surface area contributed by atoms with Gasteiger partial charge in [-0.05, 0) is 15.9 Å². The molecular weight excluding hydrogens is 254 g/mol. The fraction of sp³-hybridized carbons (Fsp3) is 0.500. The number of halogens is 1. The fourth-order valence-corrected chi connectivity index (χ4v) is 1.63. The molecule has 0 aromatic carbocycles. The quantitative estimate of drug-likeness (QED) is 0.772. The Morgan fingerprint density at radius 3 is 2.69 bits per heavy atom. The van der Waals surface area contributed by atoms with Gasteiger partial charge in [0.1, 0.15) is 0 Å². The smallest absolute Gasteiger partial charge is 0.311 e. The van der Waals surface area contributed by atoms with Crippen LogP contribution < -0.4 is 0 Å². The summed E-state index contributed by atoms with van der Waals surface area (Å²) in [5.41, 5.74) is 0.744. The molecule has 0 aliphatic carbocycles. The third-order valence-electron chi connectivity index (χ3n) is 1.08. The summed E-state index contributed by atoms with van der Waals surface area (Å²) in [7, 11) is 1.36. The lowest BCUT2D eigenvalue weighted by Gasteiger charge is -1.92. The van der Waals surface area contributed by atoms with Crippen molar-refractivity contribution in [3.8, 4) is 0 Å². The first-order chi connectivity index (χ1) is 6.22. The molecule has 1 aromatic rings. The molecule has 0 unspecified atom stereocenters. The largest absolute Gasteiger partial charge is 0.469 e. The van der Waals surface area contributed by atoms with Gasteiger partial charge in [-0.2, -0.15) is 0 Å². The molecule has 1 rings (SSSR count). The van der Waals surface area contributed by atoms with E-state index in [1.54, 1.807) is 0 Å². The van der Waals surface area contributed by atoms with Gasteiger partial charge in [-0.25, -0.2) is 4.98 Å². The summed E-state index contributed by atoms with van der Waals surface area (Å²) >= 11 is 4.65. The topological polar surface area (TPSA) is 39.2 Å². The predicted molar refractivity (Wildman–Crippen MR) is 56.9 cm³/mol. The van der Waals surface area contributed by atoms with Crippen molar-refractivity contribution in [2.24, 2.45) is 0 Å². The molecule has 0 aliphatic rings. The molecule has 0 saturated heterocycles. The third kappa shape index (κ3) is 5.00. The van der Waals surface area contributed by atoms with Crippen molar-refractivity contribution >= 4 is 33.2 Å². The molecule has 0 atom stereocenters. The molecule has 0 fully saturated rings. The van der Waals surface area contributed by atoms with Gasteiger partial charge in [-0.15, -0.1) is 11.3 Å². The Kier molecular flexibility index (Phi) is 6.80. The second-order valence-corrected chi connectivity index (χ2v) is 3.98. The van der Waals surface area contributed by atoms with Crippen LogP contribution in [-0.2, 0) is 16.0 Å². The van der Waals surface area contributed by atoms with Crippen molar-refractivity contribution in [1.82, 2.24) is 4.98 Å². The number of carbonyl (C=O) groups excluding carboxylic acids is 1. The zero-order chi connectivity index (χ0) is 10.3. The van der Waals surface area contributed by atoms with Gasteiger partial charge in [0.2, 0.25) is 0 Å². The SMILES string of the molecule is CC.COC(=O)Cc1csc(Br)n1. The van der Waals surface area contributed by atoms with E-state index in [0.29, 0.717) is 0 Å². The van der Waals surface area contributed by atoms with Gasteiger partial charge in [-0.1, -0.05) is 13.8 Å². The molecule has 0 bridgehead atoms. The number of carbonyl (C=O) groups is 1. The van der Waals surface area contributed by atoms with Crippen molar-refractivity contribution in [3.63, 3.8) is 0 Å². The third-order valence-corrected chi connectivity index (χ3v) is 2.49. The second-order valence-electron chi connectivity index (χ2n) is 1.84. The molecular formula is C8H12BrNO2S. The summed E-state index contributed by atoms with van der Waals surface area (Å²) in [6.45, 7) is 4.00. The lowest BCUT2D eigenvalue weighted by Crippen LogP contribution is -2.04. The van der Waals surface area contributed by atoms with E-state index in [1.807, 2.05) is 19.2 Å². The predicted octanol–water partition coefficient (Wildman–Crippen LogP) is 2.65. The minimum Gasteiger partial charge on any atom is -0.469 e. The first-order valence-electron chi connectivity index (χ1n) is 3.89. The van der Waals surface area contributed by atoms with E-state index < -0.39 is 0 Å². The molecule has 3 nitrogen and oxygen atoms in total. The van der Waals surface area contributed by atoms with Crippen LogP contribution in [0.3, 0.4) is 0 Å². The van der Waals surface area contributed by atoms with Crippen LogP contribution in [0.1, 0.15) is 19.5 Å². The Morgan fingerprint density at radius 1 is 1.69 bits per heavy atom. The zero-order valence-corrected chi connectivity index (χ0v) is 10.2. The van der Waals surface area contributed by atoms with Gasteiger partial charge in [0.25, 0.3) is 0 Å². The van der Waals surface area contributed by atoms with Crippen molar-refractivity contribution in [2.75, 3.05) is 7.11 Å². The molecule has 74 valence electrons. The summed E-state index contributed by atoms with van der Waals surface area (Å²) in [4.78, 5) is 14.8. The van der Waals surface area contributed by atoms with Crippen LogP contribution in [0.5, 0.6) is 0 Å². The molecule has 13 heavy (non-hydrogen) atoms. The normalized spacial score (nSPS) is 8.62. The van der Waals surface area contributed by atoms with E-state index in [4.69, 9.17) is 0 Å². The van der Waals surface area contributed by atoms with Gasteiger partial charge in [-0.3, -0.25) is 4.79 Å². The van der Waals surface area contributed by atoms with Crippen LogP contribution in [0, 0.1) is 0 Å². The first kappa shape index (κ1) is 12.6. The standard InChI is InChI=1S/C6H6BrNO2S.C2H6/c1-10-5(9)2-4-3-11-6(7)8-4;1-2/h3H,2H2,1H3;1-2H3. The molecule has 0 aliphatic heterocycles. The maximum Gasteiger partial charge on any atom is 0.311 e. The van der Waals surface area contributed by atoms with E-state index in [1.165, 1.54) is 18.4 Å². The minimum absolute atomic E-state index is 0.249. The molecule has 0 saturated carbocycles. The summed E-state index contributed by atoms with van der Waals surface area (Å²) in [6.07, 6.45) is 0.249. The number of hydrogen-bond donors (Lipinski definition) is 0. The highest BCUT2D eigenvalue weighted by Gasteiger charge is 2.05. The lowest BCUT2D eigenvalue weighted by molar-refractivity contribution is -0.139. The van der Waals surface area contributed by atoms with Crippen molar-refractivity contribution in [2.45, 2.75) is 20.3 Å². The first-order valence-corrected chi connectivity index (χ1v) is 5.56. The molecule has 5 heteroatoms. The Hall–Kier alpha value is -0.420. The maximum atomic E-state index is 10.7. The van der Waals surface area contributed by atoms with Gasteiger partial charge < -0.3 is 4.74 Å². The number of aromatic nitrogens is 1. The van der Waals surface area contributed by atoms with Gasteiger partial charge in [0.15, 0.2) is 3.92 Å². The zero-order valence-electron chi connectivity index (χ0n) is 7.83. The second kappa shape index (κ2) is 7.03. The Labute approximate surface area is 90.3 Å². The van der Waals surface area contributed by atoms with Crippen molar-refractivity contribution in [3.05, 3.63) is 15.0 Å². The van der Waals surface area contributed by atoms with Gasteiger partial charge in [0.05, 0.1) is 19.2 Å². The van der Waals surface area contributed by atoms with Gasteiger partial charge in [0, 0.05) is 5.38 Å². The molecule has 1 aromatic heterocycles. The number of thiazole rings is 1. The molecule has 0 radical (unpaired) electrons. The van der Waals surface area contributed by atoms with E-state index in [-0.39, 0.29) is 12.4 Å². The van der Waals surface area contributed by atoms with E-state index in [0.717, 1.165) is 9.61 Å². The van der Waals surface area contributed by atoms with Crippen LogP contribution in [-0.4, -0.2) is 18.1 Å². The highest BCUT2D eigenvalue weighted by atomic mass is 79.9. The molecule has 0 amide bonds. The van der Waals surface area contributed by atoms with Crippen LogP contribution in [0.4, 0.5) is 0 Å². The summed E-state index contributed by atoms with van der Waals surface area (Å²) < 4.78 is 5.26. The molecule has 0 N–H and O–H groups in total. The fourth-order valence-electron chi connectivity index (χ4n) is 0.584. The molecule has 1 heterocycles. The summed E-state index contributed by atoms with van der Waals surface area (Å²) in [5, 5.41) is 1.82. The highest BCUT2D eigenvalue weighted by Crippen LogP contribution is 2.16. The Bertz CT molecular complexity index is 262. The van der Waals surface area contributed by atoms with Crippen LogP contribution >= 0.6 is 27.3 Å². The summed E-state index contributed by atoms with van der Waals surface area (Å²) in [6, 6.07) is 0. The lowest BCUT2D eigenvalue weighted by atomic mass is 10.3. The number of methoxy groups -OCH3 is 1. The number of hydrogen-bond acceptors (Lipinski definition) is 4. The van der Waals surface area contributed by atoms with E-state index in [2.05, 4.69) is 25.7 Å². The van der Waals surface area contributed by atoms with Crippen LogP contribution in [0.15, 0.2) is 9.30 Å². The number of esters is 1. The average Bonchev–Trinajstić information content (AvgIpc) is 2.54. The highest BCUT2D eigenvalue weighted by molar-refractivity contribution is 9.11. The number of nitrogens with zero attached hydrogens (tertiary/aromatic N) is 1. The van der Waals surface area contributed by atoms with Crippen LogP contribution in [0.25, 0.3) is 0 Å². The van der Waals surface area contributed by atoms with Gasteiger partial charge >= 0.3 is 5.97 Å². The van der Waals surface area contributed by atoms with E-state index >= 15 is 0 Å². The Balaban J connectivity index is 0.000000671. The Morgan fingerprint density at radius 2 is 2.31 bits per heavy atom.